The van der Waals surface area contributed by atoms with Crippen molar-refractivity contribution < 1.29 is 0 Å². The summed E-state index contributed by atoms with van der Waals surface area (Å²) < 4.78 is 1.17. The van der Waals surface area contributed by atoms with Crippen LogP contribution < -0.4 is 0 Å². The van der Waals surface area contributed by atoms with Crippen molar-refractivity contribution in [1.29, 1.82) is 0 Å². The first-order valence-electron chi connectivity index (χ1n) is 5.11. The number of para-hydroxylation sites is 1. The van der Waals surface area contributed by atoms with Gasteiger partial charge in [0.15, 0.2) is 0 Å². The SMILES string of the molecule is Cc1ccc(/C=N/c2ccccc2I)cc1. The minimum absolute atomic E-state index is 1.02. The van der Waals surface area contributed by atoms with Gasteiger partial charge in [0.2, 0.25) is 0 Å². The van der Waals surface area contributed by atoms with E-state index in [4.69, 9.17) is 0 Å². The molecule has 2 aromatic rings. The highest BCUT2D eigenvalue weighted by Gasteiger charge is 1.94. The van der Waals surface area contributed by atoms with Crippen molar-refractivity contribution in [3.8, 4) is 0 Å². The van der Waals surface area contributed by atoms with Gasteiger partial charge in [0.1, 0.15) is 0 Å². The van der Waals surface area contributed by atoms with Crippen molar-refractivity contribution >= 4 is 34.5 Å². The van der Waals surface area contributed by atoms with Gasteiger partial charge in [-0.05, 0) is 47.2 Å². The second-order valence-corrected chi connectivity index (χ2v) is 4.78. The van der Waals surface area contributed by atoms with Crippen LogP contribution in [0.1, 0.15) is 11.1 Å². The average molecular weight is 321 g/mol. The Morgan fingerprint density at radius 2 is 1.69 bits per heavy atom. The van der Waals surface area contributed by atoms with E-state index in [9.17, 15) is 0 Å². The molecule has 0 bridgehead atoms. The first kappa shape index (κ1) is 11.3. The van der Waals surface area contributed by atoms with Crippen molar-refractivity contribution in [1.82, 2.24) is 0 Å². The van der Waals surface area contributed by atoms with Crippen LogP contribution in [0.3, 0.4) is 0 Å². The Kier molecular flexibility index (Phi) is 3.72. The van der Waals surface area contributed by atoms with Gasteiger partial charge in [0.25, 0.3) is 0 Å². The number of nitrogens with zero attached hydrogens (tertiary/aromatic N) is 1. The van der Waals surface area contributed by atoms with Crippen molar-refractivity contribution in [2.75, 3.05) is 0 Å². The van der Waals surface area contributed by atoms with Crippen LogP contribution in [-0.4, -0.2) is 6.21 Å². The van der Waals surface area contributed by atoms with E-state index in [0.717, 1.165) is 11.3 Å². The Morgan fingerprint density at radius 3 is 2.38 bits per heavy atom. The number of hydrogen-bond donors (Lipinski definition) is 0. The summed E-state index contributed by atoms with van der Waals surface area (Å²) in [6.45, 7) is 2.08. The average Bonchev–Trinajstić information content (AvgIpc) is 2.30. The molecule has 0 unspecified atom stereocenters. The van der Waals surface area contributed by atoms with E-state index >= 15 is 0 Å². The normalized spacial score (nSPS) is 10.9. The minimum Gasteiger partial charge on any atom is -0.255 e. The molecule has 16 heavy (non-hydrogen) atoms. The molecule has 80 valence electrons. The molecule has 2 rings (SSSR count). The predicted octanol–water partition coefficient (Wildman–Crippen LogP) is 4.35. The summed E-state index contributed by atoms with van der Waals surface area (Å²) in [5.74, 6) is 0. The molecule has 0 aliphatic carbocycles. The van der Waals surface area contributed by atoms with E-state index < -0.39 is 0 Å². The zero-order chi connectivity index (χ0) is 11.4. The van der Waals surface area contributed by atoms with E-state index in [-0.39, 0.29) is 0 Å². The molecule has 0 aliphatic rings. The van der Waals surface area contributed by atoms with Crippen molar-refractivity contribution in [2.45, 2.75) is 6.92 Å². The summed E-state index contributed by atoms with van der Waals surface area (Å²) >= 11 is 2.29. The third-order valence-electron chi connectivity index (χ3n) is 2.28. The topological polar surface area (TPSA) is 12.4 Å². The number of hydrogen-bond acceptors (Lipinski definition) is 1. The molecule has 0 amide bonds. The number of aliphatic imine (C=N–C) groups is 1. The lowest BCUT2D eigenvalue weighted by atomic mass is 10.2. The van der Waals surface area contributed by atoms with Gasteiger partial charge in [-0.1, -0.05) is 42.0 Å². The molecular formula is C14H12IN. The number of halogens is 1. The summed E-state index contributed by atoms with van der Waals surface area (Å²) in [7, 11) is 0. The Bertz CT molecular complexity index is 500. The van der Waals surface area contributed by atoms with Gasteiger partial charge in [-0.25, -0.2) is 0 Å². The molecule has 0 aromatic heterocycles. The standard InChI is InChI=1S/C14H12IN/c1-11-6-8-12(9-7-11)10-16-14-5-3-2-4-13(14)15/h2-10H,1H3/b16-10+. The van der Waals surface area contributed by atoms with Crippen LogP contribution in [0, 0.1) is 10.5 Å². The number of rotatable bonds is 2. The minimum atomic E-state index is 1.02. The van der Waals surface area contributed by atoms with Crippen LogP contribution in [0.15, 0.2) is 53.5 Å². The molecule has 2 aromatic carbocycles. The van der Waals surface area contributed by atoms with Crippen LogP contribution in [0.5, 0.6) is 0 Å². The summed E-state index contributed by atoms with van der Waals surface area (Å²) in [6.07, 6.45) is 1.90. The fourth-order valence-corrected chi connectivity index (χ4v) is 1.88. The van der Waals surface area contributed by atoms with Gasteiger partial charge >= 0.3 is 0 Å². The fourth-order valence-electron chi connectivity index (χ4n) is 1.35. The van der Waals surface area contributed by atoms with E-state index in [2.05, 4.69) is 64.8 Å². The monoisotopic (exact) mass is 321 g/mol. The highest BCUT2D eigenvalue weighted by molar-refractivity contribution is 14.1. The van der Waals surface area contributed by atoms with Gasteiger partial charge < -0.3 is 0 Å². The summed E-state index contributed by atoms with van der Waals surface area (Å²) in [4.78, 5) is 4.47. The van der Waals surface area contributed by atoms with Gasteiger partial charge in [-0.3, -0.25) is 4.99 Å². The van der Waals surface area contributed by atoms with E-state index in [1.807, 2.05) is 24.4 Å². The van der Waals surface area contributed by atoms with Crippen LogP contribution in [0.2, 0.25) is 0 Å². The Hall–Kier alpha value is -1.16. The number of aryl methyl sites for hydroxylation is 1. The fraction of sp³-hybridized carbons (Fsp3) is 0.0714. The maximum atomic E-state index is 4.47. The van der Waals surface area contributed by atoms with Gasteiger partial charge in [0, 0.05) is 9.78 Å². The molecule has 0 saturated heterocycles. The Morgan fingerprint density at radius 1 is 1.00 bits per heavy atom. The van der Waals surface area contributed by atoms with Crippen LogP contribution in [-0.2, 0) is 0 Å². The smallest absolute Gasteiger partial charge is 0.0763 e. The highest BCUT2D eigenvalue weighted by atomic mass is 127. The number of benzene rings is 2. The molecule has 0 atom stereocenters. The van der Waals surface area contributed by atoms with Crippen LogP contribution in [0.4, 0.5) is 5.69 Å². The second-order valence-electron chi connectivity index (χ2n) is 3.62. The lowest BCUT2D eigenvalue weighted by Crippen LogP contribution is -1.81. The third kappa shape index (κ3) is 2.92. The maximum Gasteiger partial charge on any atom is 0.0763 e. The zero-order valence-corrected chi connectivity index (χ0v) is 11.2. The lowest BCUT2D eigenvalue weighted by Gasteiger charge is -1.97. The van der Waals surface area contributed by atoms with Crippen molar-refractivity contribution in [3.05, 3.63) is 63.2 Å². The molecule has 1 nitrogen and oxygen atoms in total. The van der Waals surface area contributed by atoms with Crippen molar-refractivity contribution in [2.24, 2.45) is 4.99 Å². The van der Waals surface area contributed by atoms with Gasteiger partial charge in [-0.15, -0.1) is 0 Å². The van der Waals surface area contributed by atoms with E-state index in [1.165, 1.54) is 9.13 Å². The van der Waals surface area contributed by atoms with Gasteiger partial charge in [-0.2, -0.15) is 0 Å². The molecule has 0 heterocycles. The molecule has 0 aliphatic heterocycles. The van der Waals surface area contributed by atoms with Crippen LogP contribution in [0.25, 0.3) is 0 Å². The van der Waals surface area contributed by atoms with Gasteiger partial charge in [0.05, 0.1) is 5.69 Å². The Labute approximate surface area is 109 Å². The largest absolute Gasteiger partial charge is 0.255 e. The van der Waals surface area contributed by atoms with E-state index in [1.54, 1.807) is 0 Å². The Balaban J connectivity index is 2.21. The predicted molar refractivity (Wildman–Crippen MR) is 77.6 cm³/mol. The third-order valence-corrected chi connectivity index (χ3v) is 3.19. The summed E-state index contributed by atoms with van der Waals surface area (Å²) in [6, 6.07) is 16.4. The van der Waals surface area contributed by atoms with Crippen molar-refractivity contribution in [3.63, 3.8) is 0 Å². The highest BCUT2D eigenvalue weighted by Crippen LogP contribution is 2.20. The molecule has 0 fully saturated rings. The lowest BCUT2D eigenvalue weighted by molar-refractivity contribution is 1.45. The quantitative estimate of drug-likeness (QED) is 0.576. The molecule has 0 spiro atoms. The molecular weight excluding hydrogens is 309 g/mol. The summed E-state index contributed by atoms with van der Waals surface area (Å²) in [5, 5.41) is 0. The summed E-state index contributed by atoms with van der Waals surface area (Å²) in [5.41, 5.74) is 3.42. The maximum absolute atomic E-state index is 4.47. The first-order valence-corrected chi connectivity index (χ1v) is 6.19. The van der Waals surface area contributed by atoms with Crippen LogP contribution >= 0.6 is 22.6 Å². The molecule has 0 radical (unpaired) electrons. The van der Waals surface area contributed by atoms with E-state index in [0.29, 0.717) is 0 Å². The molecule has 0 saturated carbocycles. The zero-order valence-electron chi connectivity index (χ0n) is 9.02. The second kappa shape index (κ2) is 5.25. The first-order chi connectivity index (χ1) is 7.75. The molecule has 2 heteroatoms. The molecule has 0 N–H and O–H groups in total.